The number of hydrogen-bond donors (Lipinski definition) is 2. The molecule has 0 fully saturated rings. The summed E-state index contributed by atoms with van der Waals surface area (Å²) < 4.78 is 13.4. The first-order valence-electron chi connectivity index (χ1n) is 4.46. The van der Waals surface area contributed by atoms with Gasteiger partial charge in [0.05, 0.1) is 18.2 Å². The number of pyridine rings is 1. The average molecular weight is 235 g/mol. The van der Waals surface area contributed by atoms with Crippen molar-refractivity contribution in [1.29, 1.82) is 0 Å². The molecule has 1 rings (SSSR count). The quantitative estimate of drug-likeness (QED) is 0.786. The third-order valence-electron chi connectivity index (χ3n) is 1.83. The van der Waals surface area contributed by atoms with Crippen LogP contribution < -0.4 is 4.90 Å². The van der Waals surface area contributed by atoms with E-state index in [4.69, 9.17) is 21.8 Å². The van der Waals surface area contributed by atoms with E-state index in [-0.39, 0.29) is 37.1 Å². The number of nitrogens with zero attached hydrogens (tertiary/aromatic N) is 2. The van der Waals surface area contributed by atoms with Gasteiger partial charge in [-0.25, -0.2) is 9.37 Å². The monoisotopic (exact) mass is 234 g/mol. The van der Waals surface area contributed by atoms with Crippen LogP contribution in [-0.4, -0.2) is 41.5 Å². The van der Waals surface area contributed by atoms with Gasteiger partial charge >= 0.3 is 0 Å². The Kier molecular flexibility index (Phi) is 4.74. The van der Waals surface area contributed by atoms with Crippen LogP contribution in [0, 0.1) is 5.82 Å². The van der Waals surface area contributed by atoms with Crippen LogP contribution in [0.25, 0.3) is 0 Å². The molecule has 1 heterocycles. The molecule has 6 heteroatoms. The van der Waals surface area contributed by atoms with E-state index in [9.17, 15) is 4.39 Å². The third-order valence-corrected chi connectivity index (χ3v) is 2.03. The summed E-state index contributed by atoms with van der Waals surface area (Å²) >= 11 is 5.56. The Hall–Kier alpha value is -0.910. The zero-order valence-corrected chi connectivity index (χ0v) is 8.78. The molecule has 0 bridgehead atoms. The molecule has 0 aliphatic carbocycles. The Balaban J connectivity index is 2.89. The van der Waals surface area contributed by atoms with E-state index >= 15 is 0 Å². The van der Waals surface area contributed by atoms with Gasteiger partial charge in [-0.2, -0.15) is 0 Å². The van der Waals surface area contributed by atoms with Crippen LogP contribution in [0.2, 0.25) is 5.02 Å². The lowest BCUT2D eigenvalue weighted by Gasteiger charge is -2.21. The number of aliphatic hydroxyl groups is 2. The van der Waals surface area contributed by atoms with Gasteiger partial charge in [0.25, 0.3) is 0 Å². The van der Waals surface area contributed by atoms with Crippen LogP contribution in [0.1, 0.15) is 0 Å². The highest BCUT2D eigenvalue weighted by Gasteiger charge is 2.12. The molecule has 0 aliphatic heterocycles. The van der Waals surface area contributed by atoms with Crippen molar-refractivity contribution in [1.82, 2.24) is 4.98 Å². The molecule has 0 radical (unpaired) electrons. The van der Waals surface area contributed by atoms with Crippen molar-refractivity contribution in [2.75, 3.05) is 31.2 Å². The fourth-order valence-electron chi connectivity index (χ4n) is 1.21. The van der Waals surface area contributed by atoms with Crippen LogP contribution in [-0.2, 0) is 0 Å². The van der Waals surface area contributed by atoms with Crippen molar-refractivity contribution in [3.8, 4) is 0 Å². The van der Waals surface area contributed by atoms with Gasteiger partial charge in [0.2, 0.25) is 0 Å². The van der Waals surface area contributed by atoms with Gasteiger partial charge in [-0.3, -0.25) is 0 Å². The number of aliphatic hydroxyl groups excluding tert-OH is 2. The Morgan fingerprint density at radius 3 is 2.40 bits per heavy atom. The lowest BCUT2D eigenvalue weighted by atomic mass is 10.4. The molecule has 15 heavy (non-hydrogen) atoms. The molecule has 2 N–H and O–H groups in total. The smallest absolute Gasteiger partial charge is 0.167 e. The minimum atomic E-state index is -0.565. The van der Waals surface area contributed by atoms with Gasteiger partial charge in [-0.1, -0.05) is 11.6 Å². The predicted molar refractivity (Wildman–Crippen MR) is 55.6 cm³/mol. The van der Waals surface area contributed by atoms with Gasteiger partial charge in [-0.15, -0.1) is 0 Å². The van der Waals surface area contributed by atoms with E-state index in [0.29, 0.717) is 0 Å². The number of aromatic nitrogens is 1. The minimum Gasteiger partial charge on any atom is -0.395 e. The zero-order valence-electron chi connectivity index (χ0n) is 8.03. The topological polar surface area (TPSA) is 56.6 Å². The lowest BCUT2D eigenvalue weighted by molar-refractivity contribution is 0.280. The fraction of sp³-hybridized carbons (Fsp3) is 0.444. The van der Waals surface area contributed by atoms with E-state index in [1.54, 1.807) is 0 Å². The second-order valence-corrected chi connectivity index (χ2v) is 3.33. The van der Waals surface area contributed by atoms with Gasteiger partial charge in [0.1, 0.15) is 0 Å². The van der Waals surface area contributed by atoms with Crippen molar-refractivity contribution in [3.63, 3.8) is 0 Å². The Morgan fingerprint density at radius 1 is 1.33 bits per heavy atom. The van der Waals surface area contributed by atoms with Crippen molar-refractivity contribution in [2.45, 2.75) is 0 Å². The first-order chi connectivity index (χ1) is 7.19. The van der Waals surface area contributed by atoms with Crippen molar-refractivity contribution in [2.24, 2.45) is 0 Å². The third kappa shape index (κ3) is 3.30. The molecule has 84 valence electrons. The second kappa shape index (κ2) is 5.85. The van der Waals surface area contributed by atoms with E-state index in [1.807, 2.05) is 0 Å². The largest absolute Gasteiger partial charge is 0.395 e. The van der Waals surface area contributed by atoms with Crippen LogP contribution in [0.15, 0.2) is 12.3 Å². The molecule has 0 saturated heterocycles. The molecule has 0 spiro atoms. The van der Waals surface area contributed by atoms with Gasteiger partial charge in [0, 0.05) is 19.3 Å². The first kappa shape index (κ1) is 12.2. The highest BCUT2D eigenvalue weighted by Crippen LogP contribution is 2.18. The summed E-state index contributed by atoms with van der Waals surface area (Å²) in [5.41, 5.74) is 0. The van der Waals surface area contributed by atoms with Gasteiger partial charge < -0.3 is 15.1 Å². The maximum absolute atomic E-state index is 13.4. The average Bonchev–Trinajstić information content (AvgIpc) is 2.17. The van der Waals surface area contributed by atoms with Crippen LogP contribution in [0.5, 0.6) is 0 Å². The van der Waals surface area contributed by atoms with E-state index in [2.05, 4.69) is 4.98 Å². The van der Waals surface area contributed by atoms with Gasteiger partial charge in [0.15, 0.2) is 11.6 Å². The predicted octanol–water partition coefficient (Wildman–Crippen LogP) is 0.665. The van der Waals surface area contributed by atoms with E-state index in [0.717, 1.165) is 6.07 Å². The summed E-state index contributed by atoms with van der Waals surface area (Å²) in [7, 11) is 0. The fourth-order valence-corrected chi connectivity index (χ4v) is 1.35. The standard InChI is InChI=1S/C9H12ClFN2O2/c10-7-5-8(11)9(12-6-7)13(1-3-14)2-4-15/h5-6,14-15H,1-4H2. The van der Waals surface area contributed by atoms with Crippen LogP contribution >= 0.6 is 11.6 Å². The van der Waals surface area contributed by atoms with E-state index in [1.165, 1.54) is 11.1 Å². The van der Waals surface area contributed by atoms with Crippen LogP contribution in [0.3, 0.4) is 0 Å². The van der Waals surface area contributed by atoms with Crippen molar-refractivity contribution in [3.05, 3.63) is 23.1 Å². The molecule has 0 amide bonds. The maximum Gasteiger partial charge on any atom is 0.167 e. The molecular formula is C9H12ClFN2O2. The molecule has 1 aromatic rings. The Labute approximate surface area is 91.9 Å². The van der Waals surface area contributed by atoms with Crippen molar-refractivity contribution < 1.29 is 14.6 Å². The summed E-state index contributed by atoms with van der Waals surface area (Å²) in [5.74, 6) is -0.480. The number of halogens is 2. The SMILES string of the molecule is OCCN(CCO)c1ncc(Cl)cc1F. The lowest BCUT2D eigenvalue weighted by Crippen LogP contribution is -2.31. The summed E-state index contributed by atoms with van der Waals surface area (Å²) in [6.45, 7) is 0.158. The molecule has 1 aromatic heterocycles. The van der Waals surface area contributed by atoms with Crippen molar-refractivity contribution >= 4 is 17.4 Å². The number of rotatable bonds is 5. The Bertz CT molecular complexity index is 319. The van der Waals surface area contributed by atoms with Crippen LogP contribution in [0.4, 0.5) is 10.2 Å². The minimum absolute atomic E-state index is 0.0856. The molecule has 0 aliphatic rings. The number of anilines is 1. The number of hydrogen-bond acceptors (Lipinski definition) is 4. The first-order valence-corrected chi connectivity index (χ1v) is 4.84. The summed E-state index contributed by atoms with van der Waals surface area (Å²) in [6.07, 6.45) is 1.32. The highest BCUT2D eigenvalue weighted by atomic mass is 35.5. The zero-order chi connectivity index (χ0) is 11.3. The molecule has 0 aromatic carbocycles. The highest BCUT2D eigenvalue weighted by molar-refractivity contribution is 6.30. The normalized spacial score (nSPS) is 10.4. The molecule has 4 nitrogen and oxygen atoms in total. The summed E-state index contributed by atoms with van der Waals surface area (Å²) in [4.78, 5) is 5.26. The molecule has 0 atom stereocenters. The molecular weight excluding hydrogens is 223 g/mol. The molecule has 0 unspecified atom stereocenters. The van der Waals surface area contributed by atoms with E-state index < -0.39 is 5.82 Å². The maximum atomic E-state index is 13.4. The van der Waals surface area contributed by atoms with Gasteiger partial charge in [-0.05, 0) is 6.07 Å². The molecule has 0 saturated carbocycles. The second-order valence-electron chi connectivity index (χ2n) is 2.89. The Morgan fingerprint density at radius 2 is 1.93 bits per heavy atom. The summed E-state index contributed by atoms with van der Waals surface area (Å²) in [6, 6.07) is 1.14. The summed E-state index contributed by atoms with van der Waals surface area (Å²) in [5, 5.41) is 17.8.